The molecule has 2 atom stereocenters. The summed E-state index contributed by atoms with van der Waals surface area (Å²) in [4.78, 5) is 32.9. The van der Waals surface area contributed by atoms with E-state index in [-0.39, 0.29) is 11.8 Å². The summed E-state index contributed by atoms with van der Waals surface area (Å²) in [5.41, 5.74) is 4.56. The molecule has 2 heterocycles. The highest BCUT2D eigenvalue weighted by Crippen LogP contribution is 2.43. The van der Waals surface area contributed by atoms with Crippen LogP contribution in [0.2, 0.25) is 0 Å². The first-order valence-corrected chi connectivity index (χ1v) is 15.1. The number of anilines is 1. The number of aryl methyl sites for hydroxylation is 1. The van der Waals surface area contributed by atoms with E-state index in [4.69, 9.17) is 0 Å². The third kappa shape index (κ3) is 7.04. The fraction of sp³-hybridized carbons (Fsp3) is 0.353. The van der Waals surface area contributed by atoms with Gasteiger partial charge in [-0.25, -0.2) is 0 Å². The molecule has 2 amide bonds. The molecule has 0 saturated carbocycles. The first-order chi connectivity index (χ1) is 19.4. The van der Waals surface area contributed by atoms with Crippen molar-refractivity contribution in [2.45, 2.75) is 45.1 Å². The van der Waals surface area contributed by atoms with E-state index in [0.29, 0.717) is 23.6 Å². The average molecular weight is 554 g/mol. The molecule has 1 saturated heterocycles. The molecule has 3 aromatic rings. The second-order valence-electron chi connectivity index (χ2n) is 11.4. The standard InChI is InChI=1S/C34H39N3O2S/c1-24-9-7-12-28(18-24)23-37-30-20-29(33(38)35-15-8-16-36-21-25(2)17-26(3)22-36)13-14-31(30)40-32(34(37)39)19-27-10-5-4-6-11-27/h4-7,9-14,18-20,25-26H,8,15-17,21-23H2,1-3H3,(H,35,38). The Hall–Kier alpha value is -3.35. The molecule has 0 bridgehead atoms. The van der Waals surface area contributed by atoms with Crippen LogP contribution in [0, 0.1) is 18.8 Å². The highest BCUT2D eigenvalue weighted by atomic mass is 32.2. The third-order valence-corrected chi connectivity index (χ3v) is 8.67. The monoisotopic (exact) mass is 553 g/mol. The van der Waals surface area contributed by atoms with Crippen LogP contribution in [-0.4, -0.2) is 42.9 Å². The van der Waals surface area contributed by atoms with Crippen LogP contribution in [-0.2, 0) is 11.3 Å². The maximum absolute atomic E-state index is 13.8. The van der Waals surface area contributed by atoms with Crippen molar-refractivity contribution in [2.75, 3.05) is 31.1 Å². The molecule has 1 N–H and O–H groups in total. The molecule has 5 nitrogen and oxygen atoms in total. The van der Waals surface area contributed by atoms with Crippen LogP contribution in [0.1, 0.15) is 53.7 Å². The van der Waals surface area contributed by atoms with Gasteiger partial charge in [-0.1, -0.05) is 85.8 Å². The van der Waals surface area contributed by atoms with Crippen LogP contribution in [0.4, 0.5) is 5.69 Å². The zero-order valence-electron chi connectivity index (χ0n) is 23.7. The Kier molecular flexibility index (Phi) is 9.08. The number of rotatable bonds is 8. The summed E-state index contributed by atoms with van der Waals surface area (Å²) in [5, 5.41) is 3.11. The molecular formula is C34H39N3O2S. The van der Waals surface area contributed by atoms with Crippen LogP contribution in [0.25, 0.3) is 6.08 Å². The predicted molar refractivity (Wildman–Crippen MR) is 165 cm³/mol. The van der Waals surface area contributed by atoms with Crippen LogP contribution in [0.5, 0.6) is 0 Å². The summed E-state index contributed by atoms with van der Waals surface area (Å²) in [5.74, 6) is 1.33. The van der Waals surface area contributed by atoms with Crippen molar-refractivity contribution in [3.05, 3.63) is 100.0 Å². The van der Waals surface area contributed by atoms with Gasteiger partial charge in [0.2, 0.25) is 0 Å². The number of piperidine rings is 1. The summed E-state index contributed by atoms with van der Waals surface area (Å²) >= 11 is 1.47. The van der Waals surface area contributed by atoms with E-state index in [0.717, 1.165) is 65.2 Å². The van der Waals surface area contributed by atoms with E-state index in [2.05, 4.69) is 43.1 Å². The molecule has 0 spiro atoms. The minimum Gasteiger partial charge on any atom is -0.352 e. The summed E-state index contributed by atoms with van der Waals surface area (Å²) in [7, 11) is 0. The lowest BCUT2D eigenvalue weighted by Gasteiger charge is -2.34. The average Bonchev–Trinajstić information content (AvgIpc) is 2.93. The molecule has 2 unspecified atom stereocenters. The van der Waals surface area contributed by atoms with Crippen molar-refractivity contribution in [1.82, 2.24) is 10.2 Å². The Bertz CT molecular complexity index is 1380. The van der Waals surface area contributed by atoms with E-state index in [1.54, 1.807) is 0 Å². The number of carbonyl (C=O) groups excluding carboxylic acids is 2. The number of fused-ring (bicyclic) bond motifs is 1. The molecule has 5 rings (SSSR count). The van der Waals surface area contributed by atoms with Crippen LogP contribution < -0.4 is 10.2 Å². The van der Waals surface area contributed by atoms with Crippen molar-refractivity contribution in [1.29, 1.82) is 0 Å². The van der Waals surface area contributed by atoms with Gasteiger partial charge in [0.1, 0.15) is 0 Å². The lowest BCUT2D eigenvalue weighted by atomic mass is 9.92. The van der Waals surface area contributed by atoms with Gasteiger partial charge in [-0.3, -0.25) is 9.59 Å². The van der Waals surface area contributed by atoms with Gasteiger partial charge in [-0.2, -0.15) is 0 Å². The molecule has 0 aliphatic carbocycles. The molecule has 6 heteroatoms. The minimum atomic E-state index is -0.0956. The van der Waals surface area contributed by atoms with Crippen molar-refractivity contribution in [2.24, 2.45) is 11.8 Å². The Morgan fingerprint density at radius 1 is 1.00 bits per heavy atom. The van der Waals surface area contributed by atoms with E-state index in [9.17, 15) is 9.59 Å². The number of benzene rings is 3. The van der Waals surface area contributed by atoms with Gasteiger partial charge in [0.15, 0.2) is 0 Å². The number of hydrogen-bond acceptors (Lipinski definition) is 4. The van der Waals surface area contributed by atoms with Gasteiger partial charge >= 0.3 is 0 Å². The van der Waals surface area contributed by atoms with Crippen molar-refractivity contribution in [3.63, 3.8) is 0 Å². The van der Waals surface area contributed by atoms with Gasteiger partial charge in [-0.15, -0.1) is 0 Å². The summed E-state index contributed by atoms with van der Waals surface area (Å²) in [6, 6.07) is 23.9. The summed E-state index contributed by atoms with van der Waals surface area (Å²) < 4.78 is 0. The second kappa shape index (κ2) is 12.9. The fourth-order valence-electron chi connectivity index (χ4n) is 5.88. The van der Waals surface area contributed by atoms with Crippen LogP contribution in [0.15, 0.2) is 82.6 Å². The Balaban J connectivity index is 1.32. The van der Waals surface area contributed by atoms with Crippen molar-refractivity contribution < 1.29 is 9.59 Å². The molecule has 0 radical (unpaired) electrons. The van der Waals surface area contributed by atoms with Crippen LogP contribution in [0.3, 0.4) is 0 Å². The molecule has 208 valence electrons. The third-order valence-electron chi connectivity index (χ3n) is 7.59. The van der Waals surface area contributed by atoms with E-state index < -0.39 is 0 Å². The smallest absolute Gasteiger partial charge is 0.265 e. The van der Waals surface area contributed by atoms with E-state index in [1.807, 2.05) is 71.6 Å². The maximum Gasteiger partial charge on any atom is 0.265 e. The van der Waals surface area contributed by atoms with E-state index >= 15 is 0 Å². The molecule has 2 aliphatic rings. The molecule has 0 aromatic heterocycles. The topological polar surface area (TPSA) is 52.7 Å². The molecule has 2 aliphatic heterocycles. The first-order valence-electron chi connectivity index (χ1n) is 14.3. The minimum absolute atomic E-state index is 0.0506. The number of nitrogens with zero attached hydrogens (tertiary/aromatic N) is 2. The molecule has 1 fully saturated rings. The van der Waals surface area contributed by atoms with Crippen molar-refractivity contribution in [3.8, 4) is 0 Å². The van der Waals surface area contributed by atoms with Gasteiger partial charge in [0.05, 0.1) is 17.1 Å². The highest BCUT2D eigenvalue weighted by Gasteiger charge is 2.30. The number of nitrogens with one attached hydrogen (secondary N) is 1. The zero-order chi connectivity index (χ0) is 28.1. The summed E-state index contributed by atoms with van der Waals surface area (Å²) in [6.45, 7) is 11.1. The Morgan fingerprint density at radius 3 is 2.52 bits per heavy atom. The quantitative estimate of drug-likeness (QED) is 0.247. The molecule has 40 heavy (non-hydrogen) atoms. The second-order valence-corrected chi connectivity index (χ2v) is 12.5. The lowest BCUT2D eigenvalue weighted by Crippen LogP contribution is -2.40. The van der Waals surface area contributed by atoms with Gasteiger partial charge in [-0.05, 0) is 73.5 Å². The van der Waals surface area contributed by atoms with E-state index in [1.165, 1.54) is 18.2 Å². The zero-order valence-corrected chi connectivity index (χ0v) is 24.5. The highest BCUT2D eigenvalue weighted by molar-refractivity contribution is 8.04. The Labute approximate surface area is 242 Å². The predicted octanol–water partition coefficient (Wildman–Crippen LogP) is 6.77. The van der Waals surface area contributed by atoms with Gasteiger partial charge in [0, 0.05) is 30.1 Å². The number of hydrogen-bond donors (Lipinski definition) is 1. The number of carbonyl (C=O) groups is 2. The van der Waals surface area contributed by atoms with Gasteiger partial charge < -0.3 is 15.1 Å². The Morgan fingerprint density at radius 2 is 1.77 bits per heavy atom. The number of amides is 2. The largest absolute Gasteiger partial charge is 0.352 e. The fourth-order valence-corrected chi connectivity index (χ4v) is 6.92. The normalized spacial score (nSPS) is 20.4. The first kappa shape index (κ1) is 28.2. The SMILES string of the molecule is Cc1cccc(CN2C(=O)C(=Cc3ccccc3)Sc3ccc(C(=O)NCCCN4CC(C)CC(C)C4)cc32)c1. The summed E-state index contributed by atoms with van der Waals surface area (Å²) in [6.07, 6.45) is 4.18. The lowest BCUT2D eigenvalue weighted by molar-refractivity contribution is -0.114. The molecule has 3 aromatic carbocycles. The van der Waals surface area contributed by atoms with Crippen molar-refractivity contribution >= 4 is 35.3 Å². The van der Waals surface area contributed by atoms with Gasteiger partial charge in [0.25, 0.3) is 11.8 Å². The maximum atomic E-state index is 13.8. The molecular weight excluding hydrogens is 514 g/mol. The number of thioether (sulfide) groups is 1. The van der Waals surface area contributed by atoms with Crippen LogP contribution >= 0.6 is 11.8 Å². The number of likely N-dealkylation sites (tertiary alicyclic amines) is 1.